The molecule has 1 aromatic rings. The molecule has 2 saturated heterocycles. The number of H-pyrrole nitrogens is 1. The molecule has 0 spiro atoms. The fraction of sp³-hybridized carbons (Fsp3) is 0.600. The molecule has 5 atom stereocenters. The van der Waals surface area contributed by atoms with Crippen molar-refractivity contribution in [3.8, 4) is 0 Å². The van der Waals surface area contributed by atoms with Crippen molar-refractivity contribution in [3.63, 3.8) is 0 Å². The summed E-state index contributed by atoms with van der Waals surface area (Å²) in [7, 11) is 0. The average molecular weight is 370 g/mol. The lowest BCUT2D eigenvalue weighted by Crippen LogP contribution is -2.43. The predicted molar refractivity (Wildman–Crippen MR) is 82.0 cm³/mol. The van der Waals surface area contributed by atoms with Crippen LogP contribution < -0.4 is 11.2 Å². The Hall–Kier alpha value is -2.50. The highest BCUT2D eigenvalue weighted by Gasteiger charge is 2.54. The Balaban J connectivity index is 1.98. The van der Waals surface area contributed by atoms with E-state index in [2.05, 4.69) is 4.98 Å². The van der Waals surface area contributed by atoms with Crippen molar-refractivity contribution in [2.45, 2.75) is 44.7 Å². The van der Waals surface area contributed by atoms with Crippen LogP contribution in [0.25, 0.3) is 0 Å². The molecule has 0 unspecified atom stereocenters. The number of aromatic nitrogens is 2. The van der Waals surface area contributed by atoms with Gasteiger partial charge in [-0.3, -0.25) is 23.9 Å². The minimum Gasteiger partial charge on any atom is -0.455 e. The molecule has 0 radical (unpaired) electrons. The molecule has 0 bridgehead atoms. The van der Waals surface area contributed by atoms with Crippen LogP contribution in [-0.2, 0) is 33.3 Å². The Morgan fingerprint density at radius 2 is 1.81 bits per heavy atom. The third-order valence-corrected chi connectivity index (χ3v) is 3.88. The lowest BCUT2D eigenvalue weighted by Gasteiger charge is -2.24. The molecule has 1 aromatic heterocycles. The molecule has 0 saturated carbocycles. The lowest BCUT2D eigenvalue weighted by atomic mass is 10.1. The Bertz CT molecular complexity index is 801. The summed E-state index contributed by atoms with van der Waals surface area (Å²) < 4.78 is 28.4. The van der Waals surface area contributed by atoms with Crippen LogP contribution in [0.5, 0.6) is 0 Å². The van der Waals surface area contributed by atoms with Crippen molar-refractivity contribution in [2.75, 3.05) is 13.2 Å². The molecule has 0 aromatic carbocycles. The van der Waals surface area contributed by atoms with Gasteiger partial charge in [-0.05, 0) is 0 Å². The second-order valence-corrected chi connectivity index (χ2v) is 5.77. The van der Waals surface area contributed by atoms with Gasteiger partial charge in [-0.15, -0.1) is 0 Å². The molecule has 2 aliphatic heterocycles. The van der Waals surface area contributed by atoms with E-state index in [1.807, 2.05) is 0 Å². The number of hydrogen-bond donors (Lipinski definition) is 1. The summed E-state index contributed by atoms with van der Waals surface area (Å²) in [5, 5.41) is 0. The summed E-state index contributed by atoms with van der Waals surface area (Å²) in [6, 6.07) is 1.13. The van der Waals surface area contributed by atoms with E-state index in [-0.39, 0.29) is 13.2 Å². The number of nitrogens with zero attached hydrogens (tertiary/aromatic N) is 1. The van der Waals surface area contributed by atoms with Gasteiger partial charge >= 0.3 is 17.6 Å². The maximum atomic E-state index is 12.1. The Labute approximate surface area is 146 Å². The topological polar surface area (TPSA) is 135 Å². The molecule has 142 valence electrons. The third kappa shape index (κ3) is 3.69. The number of ether oxygens (including phenoxy) is 5. The highest BCUT2D eigenvalue weighted by molar-refractivity contribution is 5.66. The van der Waals surface area contributed by atoms with Crippen molar-refractivity contribution in [2.24, 2.45) is 0 Å². The van der Waals surface area contributed by atoms with E-state index in [1.54, 1.807) is 0 Å². The first kappa shape index (κ1) is 18.3. The van der Waals surface area contributed by atoms with E-state index in [1.165, 1.54) is 20.0 Å². The number of fused-ring (bicyclic) bond motifs is 1. The maximum Gasteiger partial charge on any atom is 0.330 e. The largest absolute Gasteiger partial charge is 0.455 e. The molecule has 0 aliphatic carbocycles. The van der Waals surface area contributed by atoms with Crippen molar-refractivity contribution in [1.29, 1.82) is 0 Å². The van der Waals surface area contributed by atoms with Crippen LogP contribution in [0.4, 0.5) is 0 Å². The fourth-order valence-corrected chi connectivity index (χ4v) is 2.95. The molecule has 26 heavy (non-hydrogen) atoms. The molecule has 2 fully saturated rings. The van der Waals surface area contributed by atoms with Gasteiger partial charge in [0, 0.05) is 26.1 Å². The number of rotatable bonds is 3. The normalized spacial score (nSPS) is 30.9. The van der Waals surface area contributed by atoms with Gasteiger partial charge in [0.05, 0.1) is 13.2 Å². The van der Waals surface area contributed by atoms with Gasteiger partial charge in [-0.25, -0.2) is 4.79 Å². The van der Waals surface area contributed by atoms with Crippen LogP contribution in [0.15, 0.2) is 21.9 Å². The third-order valence-electron chi connectivity index (χ3n) is 3.88. The molecular weight excluding hydrogens is 352 g/mol. The highest BCUT2D eigenvalue weighted by Crippen LogP contribution is 2.36. The molecular formula is C15H18N2O9. The summed E-state index contributed by atoms with van der Waals surface area (Å²) in [5.41, 5.74) is -1.33. The molecule has 2 aliphatic rings. The van der Waals surface area contributed by atoms with E-state index in [4.69, 9.17) is 23.7 Å². The fourth-order valence-electron chi connectivity index (χ4n) is 2.95. The zero-order chi connectivity index (χ0) is 18.8. The molecule has 3 rings (SSSR count). The van der Waals surface area contributed by atoms with E-state index >= 15 is 0 Å². The zero-order valence-corrected chi connectivity index (χ0v) is 14.1. The predicted octanol–water partition coefficient (Wildman–Crippen LogP) is -1.33. The van der Waals surface area contributed by atoms with Crippen LogP contribution in [0.1, 0.15) is 20.1 Å². The lowest BCUT2D eigenvalue weighted by molar-refractivity contribution is -0.209. The Kier molecular flexibility index (Phi) is 5.20. The first-order valence-corrected chi connectivity index (χ1v) is 7.91. The van der Waals surface area contributed by atoms with E-state index in [9.17, 15) is 19.2 Å². The number of aromatic amines is 1. The summed E-state index contributed by atoms with van der Waals surface area (Å²) in [5.74, 6) is -1.20. The van der Waals surface area contributed by atoms with E-state index < -0.39 is 54.0 Å². The van der Waals surface area contributed by atoms with Crippen LogP contribution >= 0.6 is 0 Å². The summed E-state index contributed by atoms with van der Waals surface area (Å²) in [6.45, 7) is 2.71. The molecule has 0 amide bonds. The van der Waals surface area contributed by atoms with Crippen LogP contribution in [0.3, 0.4) is 0 Å². The number of nitrogens with one attached hydrogen (secondary N) is 1. The van der Waals surface area contributed by atoms with Gasteiger partial charge in [0.2, 0.25) is 6.29 Å². The van der Waals surface area contributed by atoms with Gasteiger partial charge in [0.1, 0.15) is 6.10 Å². The quantitative estimate of drug-likeness (QED) is 0.642. The van der Waals surface area contributed by atoms with Crippen LogP contribution in [0, 0.1) is 0 Å². The van der Waals surface area contributed by atoms with Gasteiger partial charge in [0.15, 0.2) is 18.4 Å². The smallest absolute Gasteiger partial charge is 0.330 e. The summed E-state index contributed by atoms with van der Waals surface area (Å²) >= 11 is 0. The molecule has 1 N–H and O–H groups in total. The minimum atomic E-state index is -1.10. The number of carbonyl (C=O) groups excluding carboxylic acids is 2. The van der Waals surface area contributed by atoms with Crippen molar-refractivity contribution >= 4 is 11.9 Å². The SMILES string of the molecule is CC(=O)O[C@H]1OCCO[C@@H]2[C@@H]1O[C@@H](n1ccc(=O)[nH]c1=O)[C@@H]2OC(C)=O. The highest BCUT2D eigenvalue weighted by atomic mass is 16.7. The van der Waals surface area contributed by atoms with Gasteiger partial charge in [0.25, 0.3) is 5.56 Å². The summed E-state index contributed by atoms with van der Waals surface area (Å²) in [4.78, 5) is 48.4. The van der Waals surface area contributed by atoms with Gasteiger partial charge in [-0.1, -0.05) is 0 Å². The first-order chi connectivity index (χ1) is 12.4. The molecule has 11 heteroatoms. The van der Waals surface area contributed by atoms with Crippen LogP contribution in [-0.4, -0.2) is 59.3 Å². The zero-order valence-electron chi connectivity index (χ0n) is 14.1. The van der Waals surface area contributed by atoms with Crippen LogP contribution in [0.2, 0.25) is 0 Å². The molecule has 11 nitrogen and oxygen atoms in total. The monoisotopic (exact) mass is 370 g/mol. The average Bonchev–Trinajstić information content (AvgIpc) is 2.75. The number of carbonyl (C=O) groups is 2. The minimum absolute atomic E-state index is 0.143. The number of hydrogen-bond acceptors (Lipinski definition) is 9. The number of esters is 2. The maximum absolute atomic E-state index is 12.1. The van der Waals surface area contributed by atoms with Gasteiger partial charge in [-0.2, -0.15) is 0 Å². The first-order valence-electron chi connectivity index (χ1n) is 7.91. The van der Waals surface area contributed by atoms with Crippen molar-refractivity contribution in [1.82, 2.24) is 9.55 Å². The Morgan fingerprint density at radius 3 is 2.46 bits per heavy atom. The van der Waals surface area contributed by atoms with E-state index in [0.29, 0.717) is 0 Å². The second-order valence-electron chi connectivity index (χ2n) is 5.77. The van der Waals surface area contributed by atoms with Gasteiger partial charge < -0.3 is 23.7 Å². The molecule has 3 heterocycles. The standard InChI is InChI=1S/C15H18N2O9/c1-7(18)24-11-10-12(14(25-8(2)19)23-6-5-22-10)26-13(11)17-4-3-9(20)16-15(17)21/h3-4,10-14H,5-6H2,1-2H3,(H,16,20,21)/t10-,11+,12-,13+,14+/m0/s1. The van der Waals surface area contributed by atoms with Crippen molar-refractivity contribution in [3.05, 3.63) is 33.1 Å². The second kappa shape index (κ2) is 7.40. The van der Waals surface area contributed by atoms with Crippen molar-refractivity contribution < 1.29 is 33.3 Å². The summed E-state index contributed by atoms with van der Waals surface area (Å²) in [6.07, 6.45) is -3.76. The Morgan fingerprint density at radius 1 is 1.12 bits per heavy atom. The van der Waals surface area contributed by atoms with E-state index in [0.717, 1.165) is 10.6 Å².